The second-order valence-corrected chi connectivity index (χ2v) is 9.95. The summed E-state index contributed by atoms with van der Waals surface area (Å²) in [5.74, 6) is 0.531. The molecule has 0 radical (unpaired) electrons. The molecule has 0 unspecified atom stereocenters. The second kappa shape index (κ2) is 7.14. The number of aromatic nitrogens is 2. The van der Waals surface area contributed by atoms with E-state index in [4.69, 9.17) is 4.42 Å². The van der Waals surface area contributed by atoms with Gasteiger partial charge in [-0.25, -0.2) is 12.8 Å². The van der Waals surface area contributed by atoms with Crippen molar-refractivity contribution < 1.29 is 17.2 Å². The first kappa shape index (κ1) is 18.3. The molecule has 1 aliphatic heterocycles. The van der Waals surface area contributed by atoms with Gasteiger partial charge in [-0.2, -0.15) is 4.31 Å². The molecule has 0 atom stereocenters. The molecule has 1 fully saturated rings. The number of sulfonamides is 1. The lowest BCUT2D eigenvalue weighted by atomic mass is 9.98. The fraction of sp³-hybridized carbons (Fsp3) is 0.333. The Bertz CT molecular complexity index is 1040. The maximum atomic E-state index is 13.0. The summed E-state index contributed by atoms with van der Waals surface area (Å²) in [6.07, 6.45) is 1.24. The van der Waals surface area contributed by atoms with Crippen LogP contribution in [0.1, 0.15) is 29.5 Å². The number of nitrogens with zero attached hydrogens (tertiary/aromatic N) is 3. The predicted molar refractivity (Wildman–Crippen MR) is 99.5 cm³/mol. The van der Waals surface area contributed by atoms with E-state index in [1.165, 1.54) is 27.8 Å². The van der Waals surface area contributed by atoms with Crippen LogP contribution < -0.4 is 0 Å². The van der Waals surface area contributed by atoms with Crippen molar-refractivity contribution in [2.24, 2.45) is 0 Å². The van der Waals surface area contributed by atoms with Crippen LogP contribution in [0, 0.1) is 12.7 Å². The van der Waals surface area contributed by atoms with Gasteiger partial charge >= 0.3 is 0 Å². The third kappa shape index (κ3) is 3.67. The highest BCUT2D eigenvalue weighted by molar-refractivity contribution is 7.91. The molecule has 0 amide bonds. The standard InChI is InChI=1S/C18H18FN3O3S2/c1-12-2-7-16(26-12)27(23,24)22-10-8-14(9-11-22)18-21-20-17(25-18)13-3-5-15(19)6-4-13/h2-7,14H,8-11H2,1H3. The van der Waals surface area contributed by atoms with Crippen LogP contribution in [0.2, 0.25) is 0 Å². The van der Waals surface area contributed by atoms with Gasteiger partial charge in [-0.3, -0.25) is 0 Å². The van der Waals surface area contributed by atoms with Crippen molar-refractivity contribution in [1.82, 2.24) is 14.5 Å². The average Bonchev–Trinajstić information content (AvgIpc) is 3.32. The number of rotatable bonds is 4. The molecule has 0 aliphatic carbocycles. The predicted octanol–water partition coefficient (Wildman–Crippen LogP) is 3.81. The molecule has 1 aromatic carbocycles. The van der Waals surface area contributed by atoms with Gasteiger partial charge in [0, 0.05) is 29.4 Å². The van der Waals surface area contributed by atoms with Crippen molar-refractivity contribution >= 4 is 21.4 Å². The van der Waals surface area contributed by atoms with Crippen LogP contribution in [0.3, 0.4) is 0 Å². The number of hydrogen-bond donors (Lipinski definition) is 0. The maximum absolute atomic E-state index is 13.0. The fourth-order valence-corrected chi connectivity index (χ4v) is 6.04. The largest absolute Gasteiger partial charge is 0.420 e. The van der Waals surface area contributed by atoms with Crippen LogP contribution in [0.25, 0.3) is 11.5 Å². The van der Waals surface area contributed by atoms with Gasteiger partial charge in [-0.1, -0.05) is 0 Å². The van der Waals surface area contributed by atoms with E-state index in [1.54, 1.807) is 18.2 Å². The van der Waals surface area contributed by atoms with Gasteiger partial charge in [-0.15, -0.1) is 21.5 Å². The Morgan fingerprint density at radius 3 is 2.44 bits per heavy atom. The van der Waals surface area contributed by atoms with Crippen molar-refractivity contribution in [1.29, 1.82) is 0 Å². The lowest BCUT2D eigenvalue weighted by molar-refractivity contribution is 0.292. The van der Waals surface area contributed by atoms with Crippen LogP contribution in [0.4, 0.5) is 4.39 Å². The summed E-state index contributed by atoms with van der Waals surface area (Å²) >= 11 is 1.29. The Labute approximate surface area is 160 Å². The smallest absolute Gasteiger partial charge is 0.252 e. The van der Waals surface area contributed by atoms with E-state index in [-0.39, 0.29) is 11.7 Å². The number of piperidine rings is 1. The molecule has 3 aromatic rings. The summed E-state index contributed by atoms with van der Waals surface area (Å²) in [4.78, 5) is 0.975. The summed E-state index contributed by atoms with van der Waals surface area (Å²) in [5.41, 5.74) is 0.656. The van der Waals surface area contributed by atoms with Crippen LogP contribution in [-0.4, -0.2) is 36.0 Å². The van der Waals surface area contributed by atoms with Crippen LogP contribution in [0.15, 0.2) is 45.0 Å². The minimum Gasteiger partial charge on any atom is -0.420 e. The van der Waals surface area contributed by atoms with Gasteiger partial charge in [0.25, 0.3) is 10.0 Å². The van der Waals surface area contributed by atoms with Gasteiger partial charge in [0.2, 0.25) is 11.8 Å². The Hall–Kier alpha value is -2.10. The molecule has 3 heterocycles. The highest BCUT2D eigenvalue weighted by Crippen LogP contribution is 2.33. The molecule has 142 valence electrons. The van der Waals surface area contributed by atoms with E-state index in [2.05, 4.69) is 10.2 Å². The maximum Gasteiger partial charge on any atom is 0.252 e. The molecular weight excluding hydrogens is 389 g/mol. The van der Waals surface area contributed by atoms with E-state index in [0.29, 0.717) is 47.5 Å². The summed E-state index contributed by atoms with van der Waals surface area (Å²) in [6, 6.07) is 9.34. The third-order valence-corrected chi connectivity index (χ3v) is 8.01. The number of thiophene rings is 1. The summed E-state index contributed by atoms with van der Waals surface area (Å²) in [7, 11) is -3.44. The summed E-state index contributed by atoms with van der Waals surface area (Å²) in [6.45, 7) is 2.72. The second-order valence-electron chi connectivity index (χ2n) is 6.50. The van der Waals surface area contributed by atoms with Crippen molar-refractivity contribution in [3.05, 3.63) is 53.0 Å². The number of benzene rings is 1. The van der Waals surface area contributed by atoms with Gasteiger partial charge in [0.05, 0.1) is 0 Å². The van der Waals surface area contributed by atoms with Crippen molar-refractivity contribution in [2.75, 3.05) is 13.1 Å². The van der Waals surface area contributed by atoms with Crippen LogP contribution in [-0.2, 0) is 10.0 Å². The Morgan fingerprint density at radius 1 is 1.11 bits per heavy atom. The van der Waals surface area contributed by atoms with Gasteiger partial charge in [0.15, 0.2) is 0 Å². The molecule has 0 bridgehead atoms. The molecule has 1 aliphatic rings. The topological polar surface area (TPSA) is 76.3 Å². The normalized spacial score (nSPS) is 16.7. The molecule has 2 aromatic heterocycles. The Morgan fingerprint density at radius 2 is 1.81 bits per heavy atom. The number of hydrogen-bond acceptors (Lipinski definition) is 6. The number of halogens is 1. The minimum atomic E-state index is -3.44. The van der Waals surface area contributed by atoms with Crippen molar-refractivity contribution in [3.63, 3.8) is 0 Å². The van der Waals surface area contributed by atoms with E-state index >= 15 is 0 Å². The number of aryl methyl sites for hydroxylation is 1. The Balaban J connectivity index is 1.44. The first-order chi connectivity index (χ1) is 12.9. The first-order valence-corrected chi connectivity index (χ1v) is 10.8. The molecule has 1 saturated heterocycles. The van der Waals surface area contributed by atoms with E-state index in [9.17, 15) is 12.8 Å². The first-order valence-electron chi connectivity index (χ1n) is 8.59. The molecular formula is C18H18FN3O3S2. The average molecular weight is 407 g/mol. The van der Waals surface area contributed by atoms with Gasteiger partial charge in [-0.05, 0) is 56.2 Å². The van der Waals surface area contributed by atoms with E-state index in [0.717, 1.165) is 4.88 Å². The zero-order valence-electron chi connectivity index (χ0n) is 14.6. The zero-order chi connectivity index (χ0) is 19.0. The highest BCUT2D eigenvalue weighted by Gasteiger charge is 2.32. The minimum absolute atomic E-state index is 0.0169. The Kier molecular flexibility index (Phi) is 4.83. The highest BCUT2D eigenvalue weighted by atomic mass is 32.2. The van der Waals surface area contributed by atoms with Gasteiger partial charge < -0.3 is 4.42 Å². The lowest BCUT2D eigenvalue weighted by Crippen LogP contribution is -2.37. The molecule has 0 spiro atoms. The zero-order valence-corrected chi connectivity index (χ0v) is 16.3. The van der Waals surface area contributed by atoms with E-state index < -0.39 is 10.0 Å². The SMILES string of the molecule is Cc1ccc(S(=O)(=O)N2CCC(c3nnc(-c4ccc(F)cc4)o3)CC2)s1. The van der Waals surface area contributed by atoms with Crippen LogP contribution >= 0.6 is 11.3 Å². The quantitative estimate of drug-likeness (QED) is 0.657. The third-order valence-electron chi connectivity index (χ3n) is 4.64. The molecule has 0 saturated carbocycles. The monoisotopic (exact) mass is 407 g/mol. The molecule has 27 heavy (non-hydrogen) atoms. The van der Waals surface area contributed by atoms with Gasteiger partial charge in [0.1, 0.15) is 10.0 Å². The van der Waals surface area contributed by atoms with Crippen LogP contribution in [0.5, 0.6) is 0 Å². The lowest BCUT2D eigenvalue weighted by Gasteiger charge is -2.29. The molecule has 4 rings (SSSR count). The fourth-order valence-electron chi connectivity index (χ4n) is 3.13. The van der Waals surface area contributed by atoms with Crippen molar-refractivity contribution in [3.8, 4) is 11.5 Å². The molecule has 0 N–H and O–H groups in total. The summed E-state index contributed by atoms with van der Waals surface area (Å²) in [5, 5.41) is 8.15. The van der Waals surface area contributed by atoms with E-state index in [1.807, 2.05) is 13.0 Å². The molecule has 6 nitrogen and oxygen atoms in total. The molecule has 9 heteroatoms. The van der Waals surface area contributed by atoms with Crippen molar-refractivity contribution in [2.45, 2.75) is 29.9 Å². The summed E-state index contributed by atoms with van der Waals surface area (Å²) < 4.78 is 46.1.